The van der Waals surface area contributed by atoms with Gasteiger partial charge in [-0.05, 0) is 0 Å². The molecule has 1 atom stereocenters. The van der Waals surface area contributed by atoms with Crippen LogP contribution in [0.15, 0.2) is 0 Å². The van der Waals surface area contributed by atoms with E-state index in [2.05, 4.69) is 11.2 Å². The van der Waals surface area contributed by atoms with Crippen LogP contribution >= 0.6 is 0 Å². The van der Waals surface area contributed by atoms with Crippen LogP contribution in [-0.2, 0) is 14.3 Å². The van der Waals surface area contributed by atoms with Crippen molar-refractivity contribution in [2.75, 3.05) is 32.8 Å². The van der Waals surface area contributed by atoms with E-state index in [1.165, 1.54) is 0 Å². The number of terminal acetylenes is 1. The minimum absolute atomic E-state index is 0.00524. The lowest BCUT2D eigenvalue weighted by Gasteiger charge is -2.25. The van der Waals surface area contributed by atoms with Crippen LogP contribution in [0, 0.1) is 12.3 Å². The molecule has 6 heteroatoms. The monoisotopic (exact) mass is 240 g/mol. The van der Waals surface area contributed by atoms with Crippen molar-refractivity contribution in [2.24, 2.45) is 0 Å². The molecule has 6 nitrogen and oxygen atoms in total. The van der Waals surface area contributed by atoms with Gasteiger partial charge in [0.15, 0.2) is 0 Å². The summed E-state index contributed by atoms with van der Waals surface area (Å²) in [5.74, 6) is 0.911. The number of rotatable bonds is 5. The van der Waals surface area contributed by atoms with Gasteiger partial charge in [0.25, 0.3) is 0 Å². The molecule has 0 aromatic carbocycles. The molecular weight excluding hydrogens is 224 g/mol. The molecule has 0 saturated carbocycles. The highest BCUT2D eigenvalue weighted by Gasteiger charge is 2.22. The summed E-state index contributed by atoms with van der Waals surface area (Å²) < 4.78 is 5.37. The van der Waals surface area contributed by atoms with Crippen molar-refractivity contribution in [3.05, 3.63) is 0 Å². The Hall–Kier alpha value is -1.58. The predicted octanol–water partition coefficient (Wildman–Crippen LogP) is -1.09. The van der Waals surface area contributed by atoms with Gasteiger partial charge in [-0.25, -0.2) is 0 Å². The number of carboxylic acid groups (broad SMARTS) is 1. The second-order valence-corrected chi connectivity index (χ2v) is 3.75. The molecule has 1 aliphatic rings. The molecular formula is C11H16N2O4. The van der Waals surface area contributed by atoms with E-state index in [9.17, 15) is 9.59 Å². The van der Waals surface area contributed by atoms with Crippen molar-refractivity contribution in [1.29, 1.82) is 0 Å². The first-order chi connectivity index (χ1) is 8.13. The van der Waals surface area contributed by atoms with Crippen LogP contribution < -0.4 is 5.32 Å². The Labute approximate surface area is 99.9 Å². The maximum Gasteiger partial charge on any atom is 0.323 e. The molecule has 0 bridgehead atoms. The van der Waals surface area contributed by atoms with E-state index in [0.717, 1.165) is 11.4 Å². The summed E-state index contributed by atoms with van der Waals surface area (Å²) in [6.07, 6.45) is 5.05. The van der Waals surface area contributed by atoms with Gasteiger partial charge in [-0.2, -0.15) is 0 Å². The summed E-state index contributed by atoms with van der Waals surface area (Å²) in [6.45, 7) is 1.57. The maximum atomic E-state index is 11.8. The van der Waals surface area contributed by atoms with E-state index >= 15 is 0 Å². The molecule has 94 valence electrons. The molecule has 1 aliphatic heterocycles. The summed E-state index contributed by atoms with van der Waals surface area (Å²) in [5.41, 5.74) is 0. The van der Waals surface area contributed by atoms with E-state index in [1.807, 2.05) is 0 Å². The van der Waals surface area contributed by atoms with Crippen LogP contribution in [0.1, 0.15) is 6.42 Å². The van der Waals surface area contributed by atoms with Crippen molar-refractivity contribution in [2.45, 2.75) is 12.5 Å². The van der Waals surface area contributed by atoms with E-state index in [4.69, 9.17) is 16.3 Å². The van der Waals surface area contributed by atoms with Crippen molar-refractivity contribution in [1.82, 2.24) is 10.2 Å². The molecule has 1 heterocycles. The van der Waals surface area contributed by atoms with Crippen LogP contribution in [0.2, 0.25) is 0 Å². The number of hydrogen-bond acceptors (Lipinski definition) is 4. The van der Waals surface area contributed by atoms with Gasteiger partial charge in [-0.3, -0.25) is 9.59 Å². The molecule has 17 heavy (non-hydrogen) atoms. The Morgan fingerprint density at radius 3 is 2.88 bits per heavy atom. The molecule has 1 amide bonds. The van der Waals surface area contributed by atoms with Crippen LogP contribution in [0.4, 0.5) is 0 Å². The predicted molar refractivity (Wildman–Crippen MR) is 60.3 cm³/mol. The first kappa shape index (κ1) is 13.5. The highest BCUT2D eigenvalue weighted by molar-refractivity contribution is 5.81. The highest BCUT2D eigenvalue weighted by atomic mass is 16.5. The highest BCUT2D eigenvalue weighted by Crippen LogP contribution is 2.05. The Morgan fingerprint density at radius 2 is 2.35 bits per heavy atom. The summed E-state index contributed by atoms with van der Waals surface area (Å²) in [6, 6.07) is 0. The van der Waals surface area contributed by atoms with Crippen molar-refractivity contribution < 1.29 is 19.4 Å². The molecule has 2 N–H and O–H groups in total. The van der Waals surface area contributed by atoms with Crippen molar-refractivity contribution >= 4 is 11.9 Å². The molecule has 0 aliphatic carbocycles. The number of nitrogens with zero attached hydrogens (tertiary/aromatic N) is 1. The normalized spacial score (nSPS) is 19.4. The smallest absolute Gasteiger partial charge is 0.323 e. The van der Waals surface area contributed by atoms with E-state index in [-0.39, 0.29) is 31.5 Å². The third-order valence-corrected chi connectivity index (χ3v) is 2.37. The second-order valence-electron chi connectivity index (χ2n) is 3.75. The minimum Gasteiger partial charge on any atom is -0.480 e. The fourth-order valence-electron chi connectivity index (χ4n) is 1.58. The molecule has 1 fully saturated rings. The van der Waals surface area contributed by atoms with Gasteiger partial charge in [0.2, 0.25) is 5.91 Å². The Morgan fingerprint density at radius 1 is 1.59 bits per heavy atom. The number of carbonyl (C=O) groups is 2. The van der Waals surface area contributed by atoms with Gasteiger partial charge in [0.1, 0.15) is 6.54 Å². The number of carbonyl (C=O) groups excluding carboxylic acids is 1. The number of morpholine rings is 1. The summed E-state index contributed by atoms with van der Waals surface area (Å²) in [7, 11) is 0. The number of hydrogen-bond donors (Lipinski definition) is 2. The Bertz CT molecular complexity index is 318. The van der Waals surface area contributed by atoms with Gasteiger partial charge in [0.05, 0.1) is 25.7 Å². The summed E-state index contributed by atoms with van der Waals surface area (Å²) in [5, 5.41) is 11.8. The van der Waals surface area contributed by atoms with Crippen LogP contribution in [0.25, 0.3) is 0 Å². The van der Waals surface area contributed by atoms with E-state index < -0.39 is 5.97 Å². The topological polar surface area (TPSA) is 78.9 Å². The zero-order chi connectivity index (χ0) is 12.7. The largest absolute Gasteiger partial charge is 0.480 e. The molecule has 1 saturated heterocycles. The third kappa shape index (κ3) is 4.85. The molecule has 0 radical (unpaired) electrons. The van der Waals surface area contributed by atoms with Gasteiger partial charge >= 0.3 is 5.97 Å². The Balaban J connectivity index is 2.46. The lowest BCUT2D eigenvalue weighted by molar-refractivity contribution is -0.145. The second kappa shape index (κ2) is 6.89. The van der Waals surface area contributed by atoms with Gasteiger partial charge < -0.3 is 20.1 Å². The zero-order valence-corrected chi connectivity index (χ0v) is 9.52. The lowest BCUT2D eigenvalue weighted by Crippen LogP contribution is -2.43. The molecule has 0 aromatic heterocycles. The minimum atomic E-state index is -1.07. The molecule has 1 unspecified atom stereocenters. The number of nitrogens with one attached hydrogen (secondary N) is 1. The van der Waals surface area contributed by atoms with Gasteiger partial charge in [-0.1, -0.05) is 5.92 Å². The standard InChI is InChI=1S/C11H16N2O4/c1-2-4-13(8-11(15)16)10(14)6-9-7-12-3-5-17-9/h1,9,12H,3-8H2,(H,15,16). The van der Waals surface area contributed by atoms with Crippen LogP contribution in [-0.4, -0.2) is 60.8 Å². The average Bonchev–Trinajstić information content (AvgIpc) is 2.29. The van der Waals surface area contributed by atoms with Crippen LogP contribution in [0.5, 0.6) is 0 Å². The fraction of sp³-hybridized carbons (Fsp3) is 0.636. The number of carboxylic acids is 1. The lowest BCUT2D eigenvalue weighted by atomic mass is 10.2. The fourth-order valence-corrected chi connectivity index (χ4v) is 1.58. The summed E-state index contributed by atoms with van der Waals surface area (Å²) in [4.78, 5) is 23.5. The van der Waals surface area contributed by atoms with Gasteiger partial charge in [0, 0.05) is 13.1 Å². The van der Waals surface area contributed by atoms with Crippen LogP contribution in [0.3, 0.4) is 0 Å². The molecule has 1 rings (SSSR count). The van der Waals surface area contributed by atoms with Crippen molar-refractivity contribution in [3.63, 3.8) is 0 Å². The average molecular weight is 240 g/mol. The zero-order valence-electron chi connectivity index (χ0n) is 9.52. The quantitative estimate of drug-likeness (QED) is 0.597. The van der Waals surface area contributed by atoms with E-state index in [0.29, 0.717) is 13.2 Å². The number of amides is 1. The Kier molecular flexibility index (Phi) is 5.46. The first-order valence-corrected chi connectivity index (χ1v) is 5.39. The SMILES string of the molecule is C#CCN(CC(=O)O)C(=O)CC1CNCCO1. The first-order valence-electron chi connectivity index (χ1n) is 5.39. The van der Waals surface area contributed by atoms with Crippen molar-refractivity contribution in [3.8, 4) is 12.3 Å². The van der Waals surface area contributed by atoms with E-state index in [1.54, 1.807) is 0 Å². The third-order valence-electron chi connectivity index (χ3n) is 2.37. The summed E-state index contributed by atoms with van der Waals surface area (Å²) >= 11 is 0. The maximum absolute atomic E-state index is 11.8. The van der Waals surface area contributed by atoms with Gasteiger partial charge in [-0.15, -0.1) is 6.42 Å². The molecule has 0 spiro atoms. The molecule has 0 aromatic rings. The number of ether oxygens (including phenoxy) is 1. The number of aliphatic carboxylic acids is 1.